The van der Waals surface area contributed by atoms with Gasteiger partial charge in [-0.15, -0.1) is 10.2 Å². The topological polar surface area (TPSA) is 63.6 Å². The average Bonchev–Trinajstić information content (AvgIpc) is 2.85. The Morgan fingerprint density at radius 1 is 0.788 bits per heavy atom. The van der Waals surface area contributed by atoms with Crippen molar-refractivity contribution in [1.29, 1.82) is 0 Å². The lowest BCUT2D eigenvalue weighted by Crippen LogP contribution is -1.89. The fraction of sp³-hybridized carbons (Fsp3) is 0.0357. The second-order valence-corrected chi connectivity index (χ2v) is 8.31. The number of azo groups is 1. The molecule has 5 heteroatoms. The summed E-state index contributed by atoms with van der Waals surface area (Å²) >= 11 is 6.07. The molecule has 0 spiro atoms. The van der Waals surface area contributed by atoms with Crippen LogP contribution in [-0.4, -0.2) is 4.98 Å². The molecular formula is C28H21ClN4. The number of aromatic nitrogens is 1. The Morgan fingerprint density at radius 3 is 2.39 bits per heavy atom. The quantitative estimate of drug-likeness (QED) is 0.221. The summed E-state index contributed by atoms with van der Waals surface area (Å²) in [5.41, 5.74) is 13.5. The second kappa shape index (κ2) is 8.85. The maximum atomic E-state index is 6.30. The number of aryl methyl sites for hydroxylation is 1. The van der Waals surface area contributed by atoms with E-state index >= 15 is 0 Å². The van der Waals surface area contributed by atoms with Gasteiger partial charge < -0.3 is 5.73 Å². The zero-order valence-electron chi connectivity index (χ0n) is 18.0. The third-order valence-corrected chi connectivity index (χ3v) is 5.83. The lowest BCUT2D eigenvalue weighted by molar-refractivity contribution is 1.20. The first-order valence-electron chi connectivity index (χ1n) is 10.6. The molecule has 0 saturated heterocycles. The molecule has 33 heavy (non-hydrogen) atoms. The van der Waals surface area contributed by atoms with Crippen LogP contribution >= 0.6 is 11.6 Å². The molecule has 5 rings (SSSR count). The fourth-order valence-corrected chi connectivity index (χ4v) is 3.96. The number of hydrogen-bond donors (Lipinski definition) is 1. The predicted octanol–water partition coefficient (Wildman–Crippen LogP) is 8.53. The summed E-state index contributed by atoms with van der Waals surface area (Å²) < 4.78 is 0. The SMILES string of the molecule is Cc1ccc(-c2ccc(Cl)cc2)c(-c2ccc(N=Nc3ccc4ccccc4c3N)cn2)c1. The van der Waals surface area contributed by atoms with Crippen LogP contribution in [0.1, 0.15) is 5.56 Å². The van der Waals surface area contributed by atoms with Crippen molar-refractivity contribution in [1.82, 2.24) is 4.98 Å². The van der Waals surface area contributed by atoms with Crippen molar-refractivity contribution in [3.63, 3.8) is 0 Å². The van der Waals surface area contributed by atoms with E-state index in [2.05, 4.69) is 40.3 Å². The molecule has 0 atom stereocenters. The van der Waals surface area contributed by atoms with Crippen LogP contribution in [0.2, 0.25) is 5.02 Å². The molecule has 0 radical (unpaired) electrons. The zero-order valence-corrected chi connectivity index (χ0v) is 18.8. The Balaban J connectivity index is 1.46. The van der Waals surface area contributed by atoms with E-state index in [1.807, 2.05) is 72.8 Å². The van der Waals surface area contributed by atoms with Gasteiger partial charge >= 0.3 is 0 Å². The van der Waals surface area contributed by atoms with Crippen LogP contribution in [0.5, 0.6) is 0 Å². The van der Waals surface area contributed by atoms with E-state index in [1.54, 1.807) is 6.20 Å². The van der Waals surface area contributed by atoms with Gasteiger partial charge in [0.05, 0.1) is 17.6 Å². The predicted molar refractivity (Wildman–Crippen MR) is 137 cm³/mol. The van der Waals surface area contributed by atoms with Gasteiger partial charge in [0.25, 0.3) is 0 Å². The van der Waals surface area contributed by atoms with Crippen LogP contribution in [-0.2, 0) is 0 Å². The number of nitrogens with two attached hydrogens (primary N) is 1. The molecular weight excluding hydrogens is 428 g/mol. The highest BCUT2D eigenvalue weighted by Gasteiger charge is 2.10. The molecule has 4 aromatic carbocycles. The van der Waals surface area contributed by atoms with Gasteiger partial charge in [-0.05, 0) is 59.8 Å². The molecule has 1 heterocycles. The standard InChI is InChI=1S/C28H21ClN4/c1-18-6-13-23(20-7-10-21(29)11-8-20)25(16-18)26-15-12-22(17-31-26)32-33-27-14-9-19-4-2-3-5-24(19)28(27)30/h2-17H,30H2,1H3. The number of rotatable bonds is 4. The zero-order chi connectivity index (χ0) is 22.8. The molecule has 0 aliphatic carbocycles. The Morgan fingerprint density at radius 2 is 1.61 bits per heavy atom. The lowest BCUT2D eigenvalue weighted by Gasteiger charge is -2.11. The molecule has 5 aromatic rings. The fourth-order valence-electron chi connectivity index (χ4n) is 3.84. The van der Waals surface area contributed by atoms with Crippen molar-refractivity contribution in [2.24, 2.45) is 10.2 Å². The van der Waals surface area contributed by atoms with Crippen LogP contribution in [0.15, 0.2) is 107 Å². The third kappa shape index (κ3) is 4.34. The van der Waals surface area contributed by atoms with Gasteiger partial charge in [-0.1, -0.05) is 71.8 Å². The van der Waals surface area contributed by atoms with Crippen LogP contribution in [0.25, 0.3) is 33.2 Å². The van der Waals surface area contributed by atoms with Gasteiger partial charge in [-0.2, -0.15) is 0 Å². The number of nitrogen functional groups attached to an aromatic ring is 1. The minimum absolute atomic E-state index is 0.619. The van der Waals surface area contributed by atoms with Crippen molar-refractivity contribution in [3.8, 4) is 22.4 Å². The summed E-state index contributed by atoms with van der Waals surface area (Å²) in [6.45, 7) is 2.08. The highest BCUT2D eigenvalue weighted by molar-refractivity contribution is 6.30. The molecule has 0 unspecified atom stereocenters. The van der Waals surface area contributed by atoms with E-state index in [0.717, 1.165) is 33.2 Å². The average molecular weight is 449 g/mol. The van der Waals surface area contributed by atoms with E-state index < -0.39 is 0 Å². The number of anilines is 1. The molecule has 0 aliphatic heterocycles. The van der Waals surface area contributed by atoms with Gasteiger partial charge in [-0.3, -0.25) is 4.98 Å². The maximum absolute atomic E-state index is 6.30. The van der Waals surface area contributed by atoms with Crippen molar-refractivity contribution in [2.75, 3.05) is 5.73 Å². The normalized spacial score (nSPS) is 11.3. The highest BCUT2D eigenvalue weighted by Crippen LogP contribution is 2.34. The monoisotopic (exact) mass is 448 g/mol. The second-order valence-electron chi connectivity index (χ2n) is 7.88. The first-order valence-corrected chi connectivity index (χ1v) is 11.0. The molecule has 0 bridgehead atoms. The van der Waals surface area contributed by atoms with Gasteiger partial charge in [0.1, 0.15) is 11.4 Å². The molecule has 0 aliphatic rings. The molecule has 0 amide bonds. The van der Waals surface area contributed by atoms with Gasteiger partial charge in [0.2, 0.25) is 0 Å². The summed E-state index contributed by atoms with van der Waals surface area (Å²) in [6.07, 6.45) is 1.73. The first kappa shape index (κ1) is 20.9. The van der Waals surface area contributed by atoms with Crippen molar-refractivity contribution in [2.45, 2.75) is 6.92 Å². The van der Waals surface area contributed by atoms with Gasteiger partial charge in [-0.25, -0.2) is 0 Å². The number of nitrogens with zero attached hydrogens (tertiary/aromatic N) is 3. The smallest absolute Gasteiger partial charge is 0.109 e. The van der Waals surface area contributed by atoms with Crippen LogP contribution < -0.4 is 5.73 Å². The summed E-state index contributed by atoms with van der Waals surface area (Å²) in [5.74, 6) is 0. The summed E-state index contributed by atoms with van der Waals surface area (Å²) in [4.78, 5) is 4.67. The van der Waals surface area contributed by atoms with Crippen LogP contribution in [0.3, 0.4) is 0 Å². The Hall–Kier alpha value is -4.02. The summed E-state index contributed by atoms with van der Waals surface area (Å²) in [5, 5.41) is 11.5. The third-order valence-electron chi connectivity index (χ3n) is 5.57. The maximum Gasteiger partial charge on any atom is 0.109 e. The Bertz CT molecular complexity index is 1470. The minimum atomic E-state index is 0.619. The molecule has 1 aromatic heterocycles. The lowest BCUT2D eigenvalue weighted by atomic mass is 9.95. The van der Waals surface area contributed by atoms with E-state index in [1.165, 1.54) is 5.56 Å². The molecule has 2 N–H and O–H groups in total. The minimum Gasteiger partial charge on any atom is -0.396 e. The first-order chi connectivity index (χ1) is 16.1. The van der Waals surface area contributed by atoms with Crippen LogP contribution in [0.4, 0.5) is 17.1 Å². The number of fused-ring (bicyclic) bond motifs is 1. The number of hydrogen-bond acceptors (Lipinski definition) is 4. The number of halogens is 1. The van der Waals surface area contributed by atoms with E-state index in [9.17, 15) is 0 Å². The molecule has 160 valence electrons. The van der Waals surface area contributed by atoms with E-state index in [-0.39, 0.29) is 0 Å². The van der Waals surface area contributed by atoms with E-state index in [4.69, 9.17) is 17.3 Å². The summed E-state index contributed by atoms with van der Waals surface area (Å²) in [7, 11) is 0. The highest BCUT2D eigenvalue weighted by atomic mass is 35.5. The molecule has 0 saturated carbocycles. The summed E-state index contributed by atoms with van der Waals surface area (Å²) in [6, 6.07) is 29.9. The number of benzene rings is 4. The van der Waals surface area contributed by atoms with E-state index in [0.29, 0.717) is 22.1 Å². The van der Waals surface area contributed by atoms with Crippen molar-refractivity contribution in [3.05, 3.63) is 108 Å². The van der Waals surface area contributed by atoms with Gasteiger partial charge in [0, 0.05) is 16.0 Å². The largest absolute Gasteiger partial charge is 0.396 e. The molecule has 0 fully saturated rings. The number of pyridine rings is 1. The van der Waals surface area contributed by atoms with Gasteiger partial charge in [0.15, 0.2) is 0 Å². The Kier molecular flexibility index (Phi) is 5.59. The van der Waals surface area contributed by atoms with Crippen LogP contribution in [0, 0.1) is 6.92 Å². The van der Waals surface area contributed by atoms with Crippen molar-refractivity contribution < 1.29 is 0 Å². The molecule has 4 nitrogen and oxygen atoms in total. The van der Waals surface area contributed by atoms with Crippen molar-refractivity contribution >= 4 is 39.4 Å². The Labute approximate surface area is 197 Å².